The molecule has 0 saturated carbocycles. The van der Waals surface area contributed by atoms with Gasteiger partial charge in [0.25, 0.3) is 0 Å². The molecule has 4 bridgehead atoms. The van der Waals surface area contributed by atoms with E-state index in [1.54, 1.807) is 64.7 Å². The minimum absolute atomic E-state index is 0.00584. The van der Waals surface area contributed by atoms with Gasteiger partial charge in [0, 0.05) is 70.9 Å². The molecule has 4 amide bonds. The molecule has 0 spiro atoms. The Labute approximate surface area is 353 Å². The number of carboxylic acid groups (broad SMARTS) is 1. The van der Waals surface area contributed by atoms with Crippen molar-refractivity contribution in [2.24, 2.45) is 11.7 Å². The van der Waals surface area contributed by atoms with Gasteiger partial charge in [-0.2, -0.15) is 0 Å². The van der Waals surface area contributed by atoms with Gasteiger partial charge >= 0.3 is 18.0 Å². The predicted molar refractivity (Wildman–Crippen MR) is 229 cm³/mol. The first-order valence-electron chi connectivity index (χ1n) is 20.9. The summed E-state index contributed by atoms with van der Waals surface area (Å²) in [5.74, 6) is 1.02. The highest BCUT2D eigenvalue weighted by Gasteiger charge is 2.42. The first kappa shape index (κ1) is 41.5. The van der Waals surface area contributed by atoms with Crippen LogP contribution in [-0.2, 0) is 9.47 Å². The molecule has 2 unspecified atom stereocenters. The summed E-state index contributed by atoms with van der Waals surface area (Å²) in [5.41, 5.74) is 7.53. The van der Waals surface area contributed by atoms with Gasteiger partial charge in [0.2, 0.25) is 0 Å². The number of amides is 4. The molecule has 0 aromatic carbocycles. The Morgan fingerprint density at radius 2 is 1.23 bits per heavy atom. The average Bonchev–Trinajstić information content (AvgIpc) is 3.90. The number of anilines is 6. The SMILES string of the molecule is NC1CCCOC1.O=C(CC1CCCOC1)c1ccc2c(n1)N(C(=O)Nc1ccccn1)[C@H]1CCN2C1.O=C(O)c1ccc2c(n1)N(C(=O)Nc1ccccn1)[C@H]1CCN2C1. The molecule has 0 radical (unpaired) electrons. The summed E-state index contributed by atoms with van der Waals surface area (Å²) in [6, 6.07) is 17.2. The maximum absolute atomic E-state index is 13.1. The molecule has 10 rings (SSSR count). The van der Waals surface area contributed by atoms with E-state index in [0.717, 1.165) is 95.9 Å². The lowest BCUT2D eigenvalue weighted by Gasteiger charge is -2.35. The molecule has 4 fully saturated rings. The van der Waals surface area contributed by atoms with Crippen LogP contribution in [0.15, 0.2) is 73.1 Å². The molecule has 4 atom stereocenters. The Balaban J connectivity index is 0.000000148. The molecule has 4 aromatic rings. The van der Waals surface area contributed by atoms with Gasteiger partial charge < -0.3 is 30.1 Å². The molecule has 4 saturated heterocycles. The maximum atomic E-state index is 13.1. The van der Waals surface area contributed by atoms with Crippen LogP contribution in [-0.4, -0.2) is 120 Å². The summed E-state index contributed by atoms with van der Waals surface area (Å²) in [7, 11) is 0. The largest absolute Gasteiger partial charge is 0.477 e. The van der Waals surface area contributed by atoms with E-state index < -0.39 is 5.97 Å². The number of aromatic nitrogens is 4. The normalized spacial score (nSPS) is 22.0. The van der Waals surface area contributed by atoms with Crippen molar-refractivity contribution in [3.8, 4) is 0 Å². The molecule has 61 heavy (non-hydrogen) atoms. The van der Waals surface area contributed by atoms with Crippen LogP contribution in [0.5, 0.6) is 0 Å². The van der Waals surface area contributed by atoms with Crippen LogP contribution in [0.3, 0.4) is 0 Å². The quantitative estimate of drug-likeness (QED) is 0.187. The highest BCUT2D eigenvalue weighted by Crippen LogP contribution is 2.40. The number of nitrogens with two attached hydrogens (primary N) is 1. The maximum Gasteiger partial charge on any atom is 0.354 e. The second-order valence-electron chi connectivity index (χ2n) is 15.9. The fourth-order valence-electron chi connectivity index (χ4n) is 8.53. The summed E-state index contributed by atoms with van der Waals surface area (Å²) in [5, 5.41) is 14.8. The molecular weight excluding hydrogens is 783 g/mol. The Morgan fingerprint density at radius 3 is 1.69 bits per heavy atom. The zero-order chi connectivity index (χ0) is 42.3. The standard InChI is InChI=1S/C22H25N5O3.C16H15N5O3.C5H11NO/c28-19(12-15-4-3-11-30-14-15)17-6-7-18-21(24-17)27(16-8-10-26(18)13-16)22(29)25-20-5-1-2-9-23-20;22-15(23)11-4-5-12-14(18-11)21(10-6-8-20(12)9-10)16(24)19-13-3-1-2-7-17-13;6-5-2-1-3-7-4-5/h1-2,5-7,9,15-16H,3-4,8,10-14H2,(H,23,25,29);1-5,7,10H,6,8-9H2,(H,22,23)(H,17,19,24);5H,1-4,6H2/t15?,16-;10-;/m00./s1. The Kier molecular flexibility index (Phi) is 12.9. The van der Waals surface area contributed by atoms with E-state index in [1.807, 2.05) is 12.1 Å². The van der Waals surface area contributed by atoms with Crippen molar-refractivity contribution < 1.29 is 33.8 Å². The Hall–Kier alpha value is -6.24. The number of nitrogens with one attached hydrogen (secondary N) is 2. The number of nitrogens with zero attached hydrogens (tertiary/aromatic N) is 8. The van der Waals surface area contributed by atoms with E-state index in [1.165, 1.54) is 6.07 Å². The molecule has 4 aromatic heterocycles. The zero-order valence-electron chi connectivity index (χ0n) is 33.9. The van der Waals surface area contributed by atoms with E-state index in [4.69, 9.17) is 15.2 Å². The molecule has 10 heterocycles. The van der Waals surface area contributed by atoms with Crippen LogP contribution < -0.4 is 36.0 Å². The molecule has 320 valence electrons. The molecule has 18 nitrogen and oxygen atoms in total. The van der Waals surface area contributed by atoms with Crippen LogP contribution in [0, 0.1) is 5.92 Å². The number of aromatic carboxylic acids is 1. The van der Waals surface area contributed by atoms with Crippen molar-refractivity contribution in [1.29, 1.82) is 0 Å². The number of rotatable bonds is 6. The van der Waals surface area contributed by atoms with Gasteiger partial charge in [0.1, 0.15) is 17.3 Å². The topological polar surface area (TPSA) is 222 Å². The van der Waals surface area contributed by atoms with Crippen LogP contribution in [0.25, 0.3) is 0 Å². The van der Waals surface area contributed by atoms with Gasteiger partial charge in [0.05, 0.1) is 30.1 Å². The van der Waals surface area contributed by atoms with Gasteiger partial charge in [-0.05, 0) is 93.0 Å². The molecule has 0 aliphatic carbocycles. The van der Waals surface area contributed by atoms with Gasteiger partial charge in [0.15, 0.2) is 23.1 Å². The summed E-state index contributed by atoms with van der Waals surface area (Å²) in [6.07, 6.45) is 9.63. The zero-order valence-corrected chi connectivity index (χ0v) is 33.9. The molecule has 5 N–H and O–H groups in total. The lowest BCUT2D eigenvalue weighted by atomic mass is 9.95. The number of hydrogen-bond acceptors (Lipinski definition) is 13. The van der Waals surface area contributed by atoms with Crippen molar-refractivity contribution in [2.45, 2.75) is 63.1 Å². The van der Waals surface area contributed by atoms with Crippen molar-refractivity contribution in [2.75, 3.05) is 82.8 Å². The molecule has 6 aliphatic rings. The molecular formula is C43H51N11O7. The van der Waals surface area contributed by atoms with Crippen LogP contribution >= 0.6 is 0 Å². The minimum atomic E-state index is -1.11. The molecule has 6 aliphatic heterocycles. The monoisotopic (exact) mass is 833 g/mol. The van der Waals surface area contributed by atoms with Crippen molar-refractivity contribution in [3.05, 3.63) is 84.4 Å². The lowest BCUT2D eigenvalue weighted by molar-refractivity contribution is 0.0487. The van der Waals surface area contributed by atoms with Gasteiger partial charge in [-0.1, -0.05) is 12.1 Å². The second-order valence-corrected chi connectivity index (χ2v) is 15.9. The highest BCUT2D eigenvalue weighted by atomic mass is 16.5. The third-order valence-corrected chi connectivity index (χ3v) is 11.6. The number of carbonyl (C=O) groups is 4. The summed E-state index contributed by atoms with van der Waals surface area (Å²) in [4.78, 5) is 74.8. The first-order valence-corrected chi connectivity index (χ1v) is 20.9. The summed E-state index contributed by atoms with van der Waals surface area (Å²) < 4.78 is 10.6. The number of ketones is 1. The Morgan fingerprint density at radius 1 is 0.689 bits per heavy atom. The average molecular weight is 834 g/mol. The number of fused-ring (bicyclic) bond motifs is 8. The number of Topliss-reactive ketones (excluding diaryl/α,β-unsaturated/α-hetero) is 1. The van der Waals surface area contributed by atoms with E-state index in [0.29, 0.717) is 48.0 Å². The third-order valence-electron chi connectivity index (χ3n) is 11.6. The van der Waals surface area contributed by atoms with Crippen molar-refractivity contribution in [1.82, 2.24) is 19.9 Å². The number of ether oxygens (including phenoxy) is 2. The third kappa shape index (κ3) is 9.71. The fraction of sp³-hybridized carbons (Fsp3) is 0.442. The summed E-state index contributed by atoms with van der Waals surface area (Å²) in [6.45, 7) is 6.27. The van der Waals surface area contributed by atoms with Crippen LogP contribution in [0.4, 0.5) is 44.2 Å². The number of carboxylic acids is 1. The highest BCUT2D eigenvalue weighted by molar-refractivity contribution is 6.06. The van der Waals surface area contributed by atoms with Crippen molar-refractivity contribution >= 4 is 58.5 Å². The summed E-state index contributed by atoms with van der Waals surface area (Å²) >= 11 is 0. The lowest BCUT2D eigenvalue weighted by Crippen LogP contribution is -2.48. The van der Waals surface area contributed by atoms with Gasteiger partial charge in [-0.15, -0.1) is 0 Å². The van der Waals surface area contributed by atoms with E-state index in [-0.39, 0.29) is 41.5 Å². The predicted octanol–water partition coefficient (Wildman–Crippen LogP) is 5.04. The smallest absolute Gasteiger partial charge is 0.354 e. The number of hydrogen-bond donors (Lipinski definition) is 4. The van der Waals surface area contributed by atoms with E-state index >= 15 is 0 Å². The number of carbonyl (C=O) groups excluding carboxylic acids is 3. The van der Waals surface area contributed by atoms with Gasteiger partial charge in [-0.25, -0.2) is 34.3 Å². The fourth-order valence-corrected chi connectivity index (χ4v) is 8.53. The van der Waals surface area contributed by atoms with E-state index in [9.17, 15) is 24.3 Å². The molecule has 18 heteroatoms. The number of pyridine rings is 4. The van der Waals surface area contributed by atoms with Crippen LogP contribution in [0.2, 0.25) is 0 Å². The second kappa shape index (κ2) is 19.0. The number of urea groups is 2. The van der Waals surface area contributed by atoms with Crippen molar-refractivity contribution in [3.63, 3.8) is 0 Å². The minimum Gasteiger partial charge on any atom is -0.477 e. The first-order chi connectivity index (χ1) is 29.7. The Bertz CT molecular complexity index is 2190. The van der Waals surface area contributed by atoms with Crippen LogP contribution in [0.1, 0.15) is 65.9 Å². The van der Waals surface area contributed by atoms with E-state index in [2.05, 4.69) is 40.4 Å². The van der Waals surface area contributed by atoms with Gasteiger partial charge in [-0.3, -0.25) is 25.2 Å².